The van der Waals surface area contributed by atoms with Crippen LogP contribution in [0.25, 0.3) is 0 Å². The summed E-state index contributed by atoms with van der Waals surface area (Å²) >= 11 is 0. The number of alkyl halides is 3. The molecule has 8 heteroatoms. The quantitative estimate of drug-likeness (QED) is 0.831. The molecule has 5 nitrogen and oxygen atoms in total. The molecule has 0 aliphatic heterocycles. The van der Waals surface area contributed by atoms with E-state index < -0.39 is 12.1 Å². The topological polar surface area (TPSA) is 98.0 Å². The van der Waals surface area contributed by atoms with Crippen LogP contribution in [0.15, 0.2) is 6.07 Å². The lowest BCUT2D eigenvalue weighted by Gasteiger charge is -2.14. The number of ether oxygens (including phenoxy) is 1. The van der Waals surface area contributed by atoms with Crippen molar-refractivity contribution in [3.8, 4) is 11.8 Å². The summed E-state index contributed by atoms with van der Waals surface area (Å²) < 4.78 is 40.1. The number of nitriles is 1. The van der Waals surface area contributed by atoms with Gasteiger partial charge in [0.1, 0.15) is 11.6 Å². The molecule has 1 aromatic heterocycles. The molecular formula is C9H9F3N4O. The maximum absolute atomic E-state index is 12.1. The van der Waals surface area contributed by atoms with Gasteiger partial charge in [0, 0.05) is 18.2 Å². The fourth-order valence-electron chi connectivity index (χ4n) is 1.27. The number of hydrogen-bond donors (Lipinski definition) is 2. The molecule has 1 heterocycles. The predicted molar refractivity (Wildman–Crippen MR) is 52.5 cm³/mol. The Kier molecular flexibility index (Phi) is 3.75. The Balaban J connectivity index is 3.24. The summed E-state index contributed by atoms with van der Waals surface area (Å²) in [6.07, 6.45) is -5.03. The third kappa shape index (κ3) is 3.49. The maximum Gasteiger partial charge on any atom is 0.573 e. The first-order valence-corrected chi connectivity index (χ1v) is 4.48. The van der Waals surface area contributed by atoms with Crippen molar-refractivity contribution in [3.05, 3.63) is 17.3 Å². The van der Waals surface area contributed by atoms with Gasteiger partial charge in [0.25, 0.3) is 0 Å². The van der Waals surface area contributed by atoms with Gasteiger partial charge in [-0.25, -0.2) is 4.98 Å². The van der Waals surface area contributed by atoms with Crippen LogP contribution in [-0.4, -0.2) is 11.3 Å². The highest BCUT2D eigenvalue weighted by atomic mass is 19.4. The SMILES string of the molecule is N#CCc1nc(N)cc(OC(F)(F)F)c1CN. The highest BCUT2D eigenvalue weighted by Gasteiger charge is 2.32. The Hall–Kier alpha value is -2.01. The third-order valence-electron chi connectivity index (χ3n) is 1.87. The summed E-state index contributed by atoms with van der Waals surface area (Å²) in [5.74, 6) is -0.676. The summed E-state index contributed by atoms with van der Waals surface area (Å²) in [4.78, 5) is 3.75. The van der Waals surface area contributed by atoms with Gasteiger partial charge in [0.2, 0.25) is 0 Å². The van der Waals surface area contributed by atoms with Gasteiger partial charge in [0.15, 0.2) is 0 Å². The minimum atomic E-state index is -4.85. The van der Waals surface area contributed by atoms with Crippen LogP contribution in [0.1, 0.15) is 11.3 Å². The van der Waals surface area contributed by atoms with E-state index in [1.165, 1.54) is 0 Å². The molecule has 1 rings (SSSR count). The molecule has 17 heavy (non-hydrogen) atoms. The lowest BCUT2D eigenvalue weighted by atomic mass is 10.1. The number of halogens is 3. The molecule has 1 aromatic rings. The molecule has 4 N–H and O–H groups in total. The van der Waals surface area contributed by atoms with E-state index in [0.29, 0.717) is 0 Å². The molecule has 0 spiro atoms. The second-order valence-corrected chi connectivity index (χ2v) is 3.06. The minimum Gasteiger partial charge on any atom is -0.405 e. The zero-order chi connectivity index (χ0) is 13.1. The summed E-state index contributed by atoms with van der Waals surface area (Å²) in [5, 5.41) is 8.52. The smallest absolute Gasteiger partial charge is 0.405 e. The molecule has 0 bridgehead atoms. The molecule has 0 aromatic carbocycles. The first kappa shape index (κ1) is 13.1. The van der Waals surface area contributed by atoms with Gasteiger partial charge in [-0.3, -0.25) is 0 Å². The molecule has 0 fully saturated rings. The van der Waals surface area contributed by atoms with Crippen LogP contribution < -0.4 is 16.2 Å². The van der Waals surface area contributed by atoms with E-state index in [9.17, 15) is 13.2 Å². The number of anilines is 1. The maximum atomic E-state index is 12.1. The Morgan fingerprint density at radius 1 is 1.47 bits per heavy atom. The van der Waals surface area contributed by atoms with Gasteiger partial charge >= 0.3 is 6.36 Å². The number of nitrogens with zero attached hydrogens (tertiary/aromatic N) is 2. The number of hydrogen-bond acceptors (Lipinski definition) is 5. The van der Waals surface area contributed by atoms with Crippen LogP contribution in [0, 0.1) is 11.3 Å². The Bertz CT molecular complexity index is 453. The Morgan fingerprint density at radius 3 is 2.59 bits per heavy atom. The molecular weight excluding hydrogens is 237 g/mol. The van der Waals surface area contributed by atoms with E-state index in [1.807, 2.05) is 0 Å². The van der Waals surface area contributed by atoms with E-state index in [1.54, 1.807) is 6.07 Å². The summed E-state index contributed by atoms with van der Waals surface area (Å²) in [5.41, 5.74) is 10.8. The lowest BCUT2D eigenvalue weighted by molar-refractivity contribution is -0.274. The van der Waals surface area contributed by atoms with Gasteiger partial charge in [-0.2, -0.15) is 5.26 Å². The van der Waals surface area contributed by atoms with Crippen molar-refractivity contribution in [3.63, 3.8) is 0 Å². The van der Waals surface area contributed by atoms with Crippen LogP contribution in [0.2, 0.25) is 0 Å². The Morgan fingerprint density at radius 2 is 2.12 bits per heavy atom. The van der Waals surface area contributed by atoms with Gasteiger partial charge in [0.05, 0.1) is 18.2 Å². The van der Waals surface area contributed by atoms with Gasteiger partial charge in [-0.15, -0.1) is 13.2 Å². The number of pyridine rings is 1. The summed E-state index contributed by atoms with van der Waals surface area (Å²) in [6.45, 7) is -0.226. The minimum absolute atomic E-state index is 0.0260. The molecule has 0 radical (unpaired) electrons. The normalized spacial score (nSPS) is 11.0. The molecule has 0 aliphatic carbocycles. The molecule has 0 aliphatic rings. The van der Waals surface area contributed by atoms with Crippen LogP contribution in [0.3, 0.4) is 0 Å². The van der Waals surface area contributed by atoms with E-state index in [0.717, 1.165) is 6.07 Å². The van der Waals surface area contributed by atoms with Crippen LogP contribution >= 0.6 is 0 Å². The van der Waals surface area contributed by atoms with E-state index in [2.05, 4.69) is 9.72 Å². The fraction of sp³-hybridized carbons (Fsp3) is 0.333. The third-order valence-corrected chi connectivity index (χ3v) is 1.87. The second-order valence-electron chi connectivity index (χ2n) is 3.06. The number of nitrogens with two attached hydrogens (primary N) is 2. The van der Waals surface area contributed by atoms with Crippen molar-refractivity contribution in [1.29, 1.82) is 5.26 Å². The van der Waals surface area contributed by atoms with Crippen LogP contribution in [0.5, 0.6) is 5.75 Å². The van der Waals surface area contributed by atoms with Gasteiger partial charge in [-0.05, 0) is 0 Å². The molecule has 0 amide bonds. The van der Waals surface area contributed by atoms with Gasteiger partial charge < -0.3 is 16.2 Å². The highest BCUT2D eigenvalue weighted by Crippen LogP contribution is 2.29. The van der Waals surface area contributed by atoms with Crippen molar-refractivity contribution in [2.75, 3.05) is 5.73 Å². The van der Waals surface area contributed by atoms with E-state index >= 15 is 0 Å². The number of nitrogen functional groups attached to an aromatic ring is 1. The average molecular weight is 246 g/mol. The lowest BCUT2D eigenvalue weighted by Crippen LogP contribution is -2.20. The van der Waals surface area contributed by atoms with Crippen molar-refractivity contribution in [2.45, 2.75) is 19.3 Å². The van der Waals surface area contributed by atoms with Crippen molar-refractivity contribution < 1.29 is 17.9 Å². The van der Waals surface area contributed by atoms with Gasteiger partial charge in [-0.1, -0.05) is 0 Å². The first-order valence-electron chi connectivity index (χ1n) is 4.48. The van der Waals surface area contributed by atoms with E-state index in [-0.39, 0.29) is 30.0 Å². The number of rotatable bonds is 3. The van der Waals surface area contributed by atoms with Crippen molar-refractivity contribution >= 4 is 5.82 Å². The molecule has 0 saturated heterocycles. The molecule has 0 atom stereocenters. The van der Waals surface area contributed by atoms with Crippen LogP contribution in [0.4, 0.5) is 19.0 Å². The summed E-state index contributed by atoms with van der Waals surface area (Å²) in [7, 11) is 0. The number of aromatic nitrogens is 1. The molecule has 92 valence electrons. The van der Waals surface area contributed by atoms with E-state index in [4.69, 9.17) is 16.7 Å². The molecule has 0 saturated carbocycles. The first-order chi connectivity index (χ1) is 7.87. The van der Waals surface area contributed by atoms with Crippen molar-refractivity contribution in [2.24, 2.45) is 5.73 Å². The molecule has 0 unspecified atom stereocenters. The zero-order valence-electron chi connectivity index (χ0n) is 8.58. The predicted octanol–water partition coefficient (Wildman–Crippen LogP) is 1.09. The largest absolute Gasteiger partial charge is 0.573 e. The average Bonchev–Trinajstić information content (AvgIpc) is 2.15. The second kappa shape index (κ2) is 4.88. The zero-order valence-corrected chi connectivity index (χ0v) is 8.58. The fourth-order valence-corrected chi connectivity index (χ4v) is 1.27. The standard InChI is InChI=1S/C9H9F3N4O/c10-9(11,12)17-7-3-8(15)16-6(1-2-13)5(7)4-14/h3H,1,4,14H2,(H2,15,16). The van der Waals surface area contributed by atoms with Crippen molar-refractivity contribution in [1.82, 2.24) is 4.98 Å². The van der Waals surface area contributed by atoms with Crippen LogP contribution in [-0.2, 0) is 13.0 Å². The summed E-state index contributed by atoms with van der Waals surface area (Å²) in [6, 6.07) is 2.69. The Labute approximate surface area is 94.8 Å². The highest BCUT2D eigenvalue weighted by molar-refractivity contribution is 5.46. The monoisotopic (exact) mass is 246 g/mol.